The van der Waals surface area contributed by atoms with E-state index in [0.717, 1.165) is 13.0 Å². The standard InChI is InChI=1S/C13H11BrN/c14-12-5-4-10-9-15-6-2-1-3-13(15)8-11(10)7-12/h1-7H,8-9H2/q+1. The fraction of sp³-hybridized carbons (Fsp3) is 0.154. The molecule has 2 aromatic rings. The fourth-order valence-electron chi connectivity index (χ4n) is 2.12. The number of halogens is 1. The summed E-state index contributed by atoms with van der Waals surface area (Å²) in [6.07, 6.45) is 3.19. The quantitative estimate of drug-likeness (QED) is 0.548. The van der Waals surface area contributed by atoms with Crippen LogP contribution in [0.25, 0.3) is 0 Å². The SMILES string of the molecule is Brc1ccc2c(c1)Cc1cccc[n+]1C2. The van der Waals surface area contributed by atoms with Crippen LogP contribution in [-0.2, 0) is 13.0 Å². The van der Waals surface area contributed by atoms with Crippen LogP contribution in [0.2, 0.25) is 0 Å². The summed E-state index contributed by atoms with van der Waals surface area (Å²) in [7, 11) is 0. The molecular weight excluding hydrogens is 250 g/mol. The molecule has 74 valence electrons. The van der Waals surface area contributed by atoms with Crippen LogP contribution in [0.5, 0.6) is 0 Å². The van der Waals surface area contributed by atoms with Crippen molar-refractivity contribution in [3.05, 3.63) is 63.9 Å². The summed E-state index contributed by atoms with van der Waals surface area (Å²) in [4.78, 5) is 0. The van der Waals surface area contributed by atoms with Gasteiger partial charge in [-0.05, 0) is 17.7 Å². The molecule has 1 aliphatic heterocycles. The van der Waals surface area contributed by atoms with E-state index in [9.17, 15) is 0 Å². The summed E-state index contributed by atoms with van der Waals surface area (Å²) >= 11 is 3.52. The predicted molar refractivity (Wildman–Crippen MR) is 62.7 cm³/mol. The maximum absolute atomic E-state index is 3.52. The molecule has 0 saturated heterocycles. The van der Waals surface area contributed by atoms with Gasteiger partial charge in [0.05, 0.1) is 6.42 Å². The lowest BCUT2D eigenvalue weighted by Gasteiger charge is -2.14. The van der Waals surface area contributed by atoms with E-state index >= 15 is 0 Å². The van der Waals surface area contributed by atoms with Gasteiger partial charge in [0.2, 0.25) is 0 Å². The number of pyridine rings is 1. The van der Waals surface area contributed by atoms with E-state index in [1.165, 1.54) is 21.3 Å². The number of nitrogens with zero attached hydrogens (tertiary/aromatic N) is 1. The van der Waals surface area contributed by atoms with Crippen molar-refractivity contribution in [3.8, 4) is 0 Å². The Kier molecular flexibility index (Phi) is 2.10. The predicted octanol–water partition coefficient (Wildman–Crippen LogP) is 2.69. The number of benzene rings is 1. The van der Waals surface area contributed by atoms with Gasteiger partial charge in [-0.3, -0.25) is 0 Å². The lowest BCUT2D eigenvalue weighted by atomic mass is 9.98. The molecule has 1 nitrogen and oxygen atoms in total. The average molecular weight is 261 g/mol. The summed E-state index contributed by atoms with van der Waals surface area (Å²) in [6, 6.07) is 13.0. The lowest BCUT2D eigenvalue weighted by Crippen LogP contribution is -2.41. The first kappa shape index (κ1) is 9.10. The highest BCUT2D eigenvalue weighted by Gasteiger charge is 2.20. The third kappa shape index (κ3) is 1.59. The second-order valence-corrected chi connectivity index (χ2v) is 4.83. The van der Waals surface area contributed by atoms with Gasteiger partial charge in [-0.15, -0.1) is 0 Å². The maximum Gasteiger partial charge on any atom is 0.186 e. The first-order valence-electron chi connectivity index (χ1n) is 5.07. The molecule has 0 amide bonds. The van der Waals surface area contributed by atoms with E-state index in [4.69, 9.17) is 0 Å². The molecule has 0 fully saturated rings. The Bertz CT molecular complexity index is 520. The van der Waals surface area contributed by atoms with Gasteiger partial charge in [-0.1, -0.05) is 28.1 Å². The molecule has 15 heavy (non-hydrogen) atoms. The normalized spacial score (nSPS) is 13.1. The molecule has 0 atom stereocenters. The first-order valence-corrected chi connectivity index (χ1v) is 5.87. The van der Waals surface area contributed by atoms with Gasteiger partial charge in [-0.2, -0.15) is 4.57 Å². The number of aromatic nitrogens is 1. The van der Waals surface area contributed by atoms with Crippen LogP contribution in [0.3, 0.4) is 0 Å². The molecule has 3 rings (SSSR count). The smallest absolute Gasteiger partial charge is 0.186 e. The maximum atomic E-state index is 3.52. The number of rotatable bonds is 0. The third-order valence-corrected chi connectivity index (χ3v) is 3.41. The zero-order chi connectivity index (χ0) is 10.3. The topological polar surface area (TPSA) is 3.88 Å². The summed E-state index contributed by atoms with van der Waals surface area (Å²) < 4.78 is 3.49. The second kappa shape index (κ2) is 3.46. The van der Waals surface area contributed by atoms with E-state index in [-0.39, 0.29) is 0 Å². The fourth-order valence-corrected chi connectivity index (χ4v) is 2.53. The van der Waals surface area contributed by atoms with Crippen LogP contribution in [0.1, 0.15) is 16.8 Å². The van der Waals surface area contributed by atoms with Gasteiger partial charge >= 0.3 is 0 Å². The lowest BCUT2D eigenvalue weighted by molar-refractivity contribution is -0.697. The molecule has 1 aromatic carbocycles. The van der Waals surface area contributed by atoms with Crippen LogP contribution in [0.15, 0.2) is 47.1 Å². The minimum atomic E-state index is 0.999. The Morgan fingerprint density at radius 3 is 2.93 bits per heavy atom. The van der Waals surface area contributed by atoms with Crippen LogP contribution < -0.4 is 4.57 Å². The van der Waals surface area contributed by atoms with Gasteiger partial charge in [0.25, 0.3) is 0 Å². The average Bonchev–Trinajstić information content (AvgIpc) is 2.26. The van der Waals surface area contributed by atoms with Crippen molar-refractivity contribution in [2.75, 3.05) is 0 Å². The Balaban J connectivity index is 2.11. The Morgan fingerprint density at radius 2 is 2.00 bits per heavy atom. The molecule has 0 unspecified atom stereocenters. The molecule has 1 aliphatic rings. The van der Waals surface area contributed by atoms with Crippen molar-refractivity contribution < 1.29 is 4.57 Å². The van der Waals surface area contributed by atoms with Gasteiger partial charge < -0.3 is 0 Å². The molecule has 0 N–H and O–H groups in total. The molecule has 0 radical (unpaired) electrons. The first-order chi connectivity index (χ1) is 7.33. The van der Waals surface area contributed by atoms with Gasteiger partial charge in [0.15, 0.2) is 18.4 Å². The Morgan fingerprint density at radius 1 is 1.07 bits per heavy atom. The van der Waals surface area contributed by atoms with Crippen LogP contribution in [-0.4, -0.2) is 0 Å². The van der Waals surface area contributed by atoms with Gasteiger partial charge in [-0.25, -0.2) is 0 Å². The van der Waals surface area contributed by atoms with Crippen molar-refractivity contribution in [3.63, 3.8) is 0 Å². The van der Waals surface area contributed by atoms with Crippen molar-refractivity contribution in [2.45, 2.75) is 13.0 Å². The van der Waals surface area contributed by atoms with Crippen molar-refractivity contribution in [2.24, 2.45) is 0 Å². The molecular formula is C13H11BrN+. The second-order valence-electron chi connectivity index (χ2n) is 3.91. The summed E-state index contributed by atoms with van der Waals surface area (Å²) in [5.41, 5.74) is 4.26. The highest BCUT2D eigenvalue weighted by Crippen LogP contribution is 2.21. The zero-order valence-corrected chi connectivity index (χ0v) is 9.87. The van der Waals surface area contributed by atoms with Gasteiger partial charge in [0, 0.05) is 22.2 Å². The van der Waals surface area contributed by atoms with E-state index < -0.39 is 0 Å². The van der Waals surface area contributed by atoms with E-state index in [0.29, 0.717) is 0 Å². The van der Waals surface area contributed by atoms with Crippen LogP contribution in [0.4, 0.5) is 0 Å². The van der Waals surface area contributed by atoms with Crippen LogP contribution >= 0.6 is 15.9 Å². The molecule has 1 aromatic heterocycles. The molecule has 2 heterocycles. The molecule has 0 bridgehead atoms. The third-order valence-electron chi connectivity index (χ3n) is 2.92. The summed E-state index contributed by atoms with van der Waals surface area (Å²) in [5.74, 6) is 0. The van der Waals surface area contributed by atoms with Gasteiger partial charge in [0.1, 0.15) is 0 Å². The van der Waals surface area contributed by atoms with Crippen molar-refractivity contribution in [1.29, 1.82) is 0 Å². The molecule has 0 spiro atoms. The number of hydrogen-bond donors (Lipinski definition) is 0. The summed E-state index contributed by atoms with van der Waals surface area (Å²) in [6.45, 7) is 0.999. The highest BCUT2D eigenvalue weighted by atomic mass is 79.9. The minimum absolute atomic E-state index is 0.999. The molecule has 0 aliphatic carbocycles. The minimum Gasteiger partial charge on any atom is -0.198 e. The van der Waals surface area contributed by atoms with Crippen molar-refractivity contribution >= 4 is 15.9 Å². The zero-order valence-electron chi connectivity index (χ0n) is 8.28. The number of fused-ring (bicyclic) bond motifs is 2. The summed E-state index contributed by atoms with van der Waals surface area (Å²) in [5, 5.41) is 0. The van der Waals surface area contributed by atoms with E-state index in [1.807, 2.05) is 0 Å². The Labute approximate surface area is 97.5 Å². The molecule has 2 heteroatoms. The molecule has 0 saturated carbocycles. The Hall–Kier alpha value is -1.15. The monoisotopic (exact) mass is 260 g/mol. The number of hydrogen-bond acceptors (Lipinski definition) is 0. The highest BCUT2D eigenvalue weighted by molar-refractivity contribution is 9.10. The van der Waals surface area contributed by atoms with E-state index in [1.54, 1.807) is 0 Å². The largest absolute Gasteiger partial charge is 0.198 e. The van der Waals surface area contributed by atoms with Crippen molar-refractivity contribution in [1.82, 2.24) is 0 Å². The van der Waals surface area contributed by atoms with E-state index in [2.05, 4.69) is 63.1 Å². The van der Waals surface area contributed by atoms with Crippen LogP contribution in [0, 0.1) is 0 Å².